The Bertz CT molecular complexity index is 364. The van der Waals surface area contributed by atoms with Gasteiger partial charge < -0.3 is 15.4 Å². The second-order valence-electron chi connectivity index (χ2n) is 4.27. The predicted octanol–water partition coefficient (Wildman–Crippen LogP) is 1.55. The van der Waals surface area contributed by atoms with Gasteiger partial charge in [0, 0.05) is 18.8 Å². The van der Waals surface area contributed by atoms with Gasteiger partial charge in [0.2, 0.25) is 0 Å². The van der Waals surface area contributed by atoms with E-state index in [1.54, 1.807) is 6.07 Å². The van der Waals surface area contributed by atoms with Crippen LogP contribution in [0.25, 0.3) is 0 Å². The maximum absolute atomic E-state index is 13.8. The average molecular weight is 238 g/mol. The Kier molecular flexibility index (Phi) is 4.34. The molecule has 0 unspecified atom stereocenters. The van der Waals surface area contributed by atoms with Crippen molar-refractivity contribution in [3.05, 3.63) is 29.6 Å². The van der Waals surface area contributed by atoms with Crippen molar-refractivity contribution in [1.82, 2.24) is 0 Å². The highest BCUT2D eigenvalue weighted by atomic mass is 19.1. The highest BCUT2D eigenvalue weighted by Gasteiger charge is 2.12. The van der Waals surface area contributed by atoms with Crippen LogP contribution in [-0.2, 0) is 11.2 Å². The van der Waals surface area contributed by atoms with Crippen molar-refractivity contribution >= 4 is 5.69 Å². The van der Waals surface area contributed by atoms with Crippen molar-refractivity contribution in [3.63, 3.8) is 0 Å². The first-order valence-corrected chi connectivity index (χ1v) is 6.12. The number of hydrogen-bond donors (Lipinski definition) is 1. The summed E-state index contributed by atoms with van der Waals surface area (Å²) in [5.41, 5.74) is 7.13. The van der Waals surface area contributed by atoms with Gasteiger partial charge in [0.05, 0.1) is 13.2 Å². The number of anilines is 1. The molecule has 0 atom stereocenters. The lowest BCUT2D eigenvalue weighted by Crippen LogP contribution is -2.36. The summed E-state index contributed by atoms with van der Waals surface area (Å²) in [6.45, 7) is 3.71. The van der Waals surface area contributed by atoms with Gasteiger partial charge in [0.1, 0.15) is 5.82 Å². The number of halogens is 1. The molecule has 1 aromatic carbocycles. The molecule has 1 aliphatic rings. The minimum Gasteiger partial charge on any atom is -0.378 e. The van der Waals surface area contributed by atoms with Crippen LogP contribution < -0.4 is 10.6 Å². The van der Waals surface area contributed by atoms with E-state index in [1.165, 1.54) is 0 Å². The van der Waals surface area contributed by atoms with E-state index in [-0.39, 0.29) is 5.82 Å². The van der Waals surface area contributed by atoms with E-state index in [1.807, 2.05) is 12.1 Å². The molecule has 0 amide bonds. The first kappa shape index (κ1) is 12.3. The third kappa shape index (κ3) is 3.17. The lowest BCUT2D eigenvalue weighted by Gasteiger charge is -2.29. The van der Waals surface area contributed by atoms with Crippen molar-refractivity contribution in [2.24, 2.45) is 5.73 Å². The Morgan fingerprint density at radius 2 is 2.06 bits per heavy atom. The Balaban J connectivity index is 2.06. The van der Waals surface area contributed by atoms with E-state index in [2.05, 4.69) is 4.90 Å². The Morgan fingerprint density at radius 1 is 1.29 bits per heavy atom. The van der Waals surface area contributed by atoms with Crippen molar-refractivity contribution in [2.75, 3.05) is 37.7 Å². The fourth-order valence-corrected chi connectivity index (χ4v) is 2.05. The van der Waals surface area contributed by atoms with E-state index in [0.717, 1.165) is 44.0 Å². The van der Waals surface area contributed by atoms with Crippen LogP contribution in [0.2, 0.25) is 0 Å². The fraction of sp³-hybridized carbons (Fsp3) is 0.538. The largest absolute Gasteiger partial charge is 0.378 e. The maximum atomic E-state index is 13.8. The average Bonchev–Trinajstić information content (AvgIpc) is 2.38. The maximum Gasteiger partial charge on any atom is 0.128 e. The third-order valence-corrected chi connectivity index (χ3v) is 3.06. The molecule has 0 saturated carbocycles. The topological polar surface area (TPSA) is 38.5 Å². The van der Waals surface area contributed by atoms with E-state index in [4.69, 9.17) is 10.5 Å². The van der Waals surface area contributed by atoms with Gasteiger partial charge in [-0.05, 0) is 37.1 Å². The van der Waals surface area contributed by atoms with Gasteiger partial charge in [-0.3, -0.25) is 0 Å². The molecule has 0 spiro atoms. The van der Waals surface area contributed by atoms with Gasteiger partial charge >= 0.3 is 0 Å². The molecule has 1 aromatic rings. The summed E-state index contributed by atoms with van der Waals surface area (Å²) in [5, 5.41) is 0. The lowest BCUT2D eigenvalue weighted by molar-refractivity contribution is 0.122. The van der Waals surface area contributed by atoms with Crippen molar-refractivity contribution in [3.8, 4) is 0 Å². The van der Waals surface area contributed by atoms with Gasteiger partial charge in [0.25, 0.3) is 0 Å². The highest BCUT2D eigenvalue weighted by Crippen LogP contribution is 2.20. The molecule has 17 heavy (non-hydrogen) atoms. The van der Waals surface area contributed by atoms with Crippen LogP contribution in [0, 0.1) is 5.82 Å². The summed E-state index contributed by atoms with van der Waals surface area (Å²) < 4.78 is 19.1. The molecule has 1 fully saturated rings. The number of nitrogens with two attached hydrogens (primary N) is 1. The number of benzene rings is 1. The second-order valence-corrected chi connectivity index (χ2v) is 4.27. The van der Waals surface area contributed by atoms with Crippen LogP contribution >= 0.6 is 0 Å². The summed E-state index contributed by atoms with van der Waals surface area (Å²) in [6.07, 6.45) is 1.54. The molecule has 0 radical (unpaired) electrons. The molecular formula is C13H19FN2O. The van der Waals surface area contributed by atoms with Gasteiger partial charge in [-0.2, -0.15) is 0 Å². The zero-order valence-electron chi connectivity index (χ0n) is 9.99. The lowest BCUT2D eigenvalue weighted by atomic mass is 10.1. The quantitative estimate of drug-likeness (QED) is 0.865. The Hall–Kier alpha value is -1.13. The summed E-state index contributed by atoms with van der Waals surface area (Å²) >= 11 is 0. The summed E-state index contributed by atoms with van der Waals surface area (Å²) in [6, 6.07) is 5.48. The number of morpholine rings is 1. The van der Waals surface area contributed by atoms with Crippen molar-refractivity contribution < 1.29 is 9.13 Å². The molecule has 3 nitrogen and oxygen atoms in total. The van der Waals surface area contributed by atoms with E-state index < -0.39 is 0 Å². The van der Waals surface area contributed by atoms with Gasteiger partial charge in [0.15, 0.2) is 0 Å². The molecule has 0 bridgehead atoms. The summed E-state index contributed by atoms with van der Waals surface area (Å²) in [5.74, 6) is -0.123. The van der Waals surface area contributed by atoms with Crippen LogP contribution in [0.3, 0.4) is 0 Å². The standard InChI is InChI=1S/C13H19FN2O/c14-13-10-12(16-6-8-17-9-7-16)4-3-11(13)2-1-5-15/h3-4,10H,1-2,5-9,15H2. The number of nitrogens with zero attached hydrogens (tertiary/aromatic N) is 1. The zero-order valence-corrected chi connectivity index (χ0v) is 9.99. The molecule has 0 aromatic heterocycles. The molecule has 94 valence electrons. The molecular weight excluding hydrogens is 219 g/mol. The van der Waals surface area contributed by atoms with Crippen molar-refractivity contribution in [2.45, 2.75) is 12.8 Å². The number of aryl methyl sites for hydroxylation is 1. The fourth-order valence-electron chi connectivity index (χ4n) is 2.05. The highest BCUT2D eigenvalue weighted by molar-refractivity contribution is 5.48. The van der Waals surface area contributed by atoms with Crippen LogP contribution in [0.1, 0.15) is 12.0 Å². The van der Waals surface area contributed by atoms with Crippen LogP contribution in [-0.4, -0.2) is 32.8 Å². The molecule has 2 N–H and O–H groups in total. The molecule has 1 heterocycles. The normalized spacial score (nSPS) is 16.2. The summed E-state index contributed by atoms with van der Waals surface area (Å²) in [7, 11) is 0. The second kappa shape index (κ2) is 5.98. The van der Waals surface area contributed by atoms with Gasteiger partial charge in [-0.1, -0.05) is 6.07 Å². The SMILES string of the molecule is NCCCc1ccc(N2CCOCC2)cc1F. The number of hydrogen-bond acceptors (Lipinski definition) is 3. The molecule has 2 rings (SSSR count). The first-order valence-electron chi connectivity index (χ1n) is 6.12. The van der Waals surface area contributed by atoms with Crippen LogP contribution in [0.4, 0.5) is 10.1 Å². The van der Waals surface area contributed by atoms with Crippen molar-refractivity contribution in [1.29, 1.82) is 0 Å². The number of ether oxygens (including phenoxy) is 1. The predicted molar refractivity (Wildman–Crippen MR) is 66.8 cm³/mol. The van der Waals surface area contributed by atoms with E-state index >= 15 is 0 Å². The van der Waals surface area contributed by atoms with Gasteiger partial charge in [-0.15, -0.1) is 0 Å². The smallest absolute Gasteiger partial charge is 0.128 e. The summed E-state index contributed by atoms with van der Waals surface area (Å²) in [4.78, 5) is 2.15. The molecule has 4 heteroatoms. The minimum absolute atomic E-state index is 0.123. The Morgan fingerprint density at radius 3 is 2.71 bits per heavy atom. The monoisotopic (exact) mass is 238 g/mol. The third-order valence-electron chi connectivity index (χ3n) is 3.06. The Labute approximate surface area is 101 Å². The molecule has 1 saturated heterocycles. The minimum atomic E-state index is -0.123. The van der Waals surface area contributed by atoms with Gasteiger partial charge in [-0.25, -0.2) is 4.39 Å². The van der Waals surface area contributed by atoms with E-state index in [0.29, 0.717) is 13.0 Å². The van der Waals surface area contributed by atoms with Crippen LogP contribution in [0.15, 0.2) is 18.2 Å². The van der Waals surface area contributed by atoms with Crippen LogP contribution in [0.5, 0.6) is 0 Å². The molecule has 0 aliphatic carbocycles. The molecule has 1 aliphatic heterocycles. The van der Waals surface area contributed by atoms with E-state index in [9.17, 15) is 4.39 Å². The zero-order chi connectivity index (χ0) is 12.1. The number of rotatable bonds is 4. The first-order chi connectivity index (χ1) is 8.31.